The summed E-state index contributed by atoms with van der Waals surface area (Å²) in [6.45, 7) is 2.48. The molecule has 104 valence electrons. The van der Waals surface area contributed by atoms with Gasteiger partial charge < -0.3 is 4.74 Å². The average molecular weight is 400 g/mol. The van der Waals surface area contributed by atoms with Crippen LogP contribution in [0.15, 0.2) is 34.8 Å². The summed E-state index contributed by atoms with van der Waals surface area (Å²) >= 11 is 7.21. The van der Waals surface area contributed by atoms with Gasteiger partial charge in [-0.25, -0.2) is 4.39 Å². The van der Waals surface area contributed by atoms with E-state index in [2.05, 4.69) is 37.9 Å². The van der Waals surface area contributed by atoms with Crippen molar-refractivity contribution in [2.75, 3.05) is 6.61 Å². The van der Waals surface area contributed by atoms with E-state index in [-0.39, 0.29) is 10.6 Å². The maximum atomic E-state index is 13.7. The highest BCUT2D eigenvalue weighted by Gasteiger charge is 2.23. The lowest BCUT2D eigenvalue weighted by molar-refractivity contribution is 0.354. The molecule has 0 N–H and O–H groups in total. The van der Waals surface area contributed by atoms with E-state index in [1.54, 1.807) is 19.1 Å². The predicted molar refractivity (Wildman–Crippen MR) is 85.2 cm³/mol. The fourth-order valence-corrected chi connectivity index (χ4v) is 3.58. The molecule has 1 aliphatic heterocycles. The Morgan fingerprint density at radius 3 is 2.80 bits per heavy atom. The van der Waals surface area contributed by atoms with Gasteiger partial charge in [-0.3, -0.25) is 0 Å². The van der Waals surface area contributed by atoms with E-state index in [0.29, 0.717) is 12.2 Å². The molecule has 0 saturated heterocycles. The highest BCUT2D eigenvalue weighted by atomic mass is 79.9. The molecule has 1 nitrogen and oxygen atoms in total. The van der Waals surface area contributed by atoms with Gasteiger partial charge in [0.1, 0.15) is 11.6 Å². The SMILES string of the molecule is Cc1ccc(C(Br)c2cc(Br)cc3c2OCC3)cc1F. The Morgan fingerprint density at radius 2 is 2.05 bits per heavy atom. The van der Waals surface area contributed by atoms with Crippen molar-refractivity contribution < 1.29 is 9.13 Å². The van der Waals surface area contributed by atoms with Crippen LogP contribution in [-0.2, 0) is 6.42 Å². The van der Waals surface area contributed by atoms with Crippen LogP contribution in [0.25, 0.3) is 0 Å². The second kappa shape index (κ2) is 5.49. The molecule has 1 atom stereocenters. The average Bonchev–Trinajstić information content (AvgIpc) is 2.88. The minimum Gasteiger partial charge on any atom is -0.493 e. The molecule has 3 rings (SSSR count). The lowest BCUT2D eigenvalue weighted by atomic mass is 10.00. The summed E-state index contributed by atoms with van der Waals surface area (Å²) in [6, 6.07) is 9.44. The third-order valence-electron chi connectivity index (χ3n) is 3.54. The molecule has 2 aromatic rings. The number of fused-ring (bicyclic) bond motifs is 1. The third-order valence-corrected chi connectivity index (χ3v) is 5.02. The standard InChI is InChI=1S/C16H13Br2FO/c1-9-2-3-10(7-14(9)19)15(18)13-8-12(17)6-11-4-5-20-16(11)13/h2-3,6-8,15H,4-5H2,1H3. The molecule has 0 saturated carbocycles. The lowest BCUT2D eigenvalue weighted by Gasteiger charge is -2.16. The van der Waals surface area contributed by atoms with Crippen LogP contribution >= 0.6 is 31.9 Å². The van der Waals surface area contributed by atoms with Gasteiger partial charge in [-0.1, -0.05) is 44.0 Å². The second-order valence-electron chi connectivity index (χ2n) is 4.95. The van der Waals surface area contributed by atoms with Crippen LogP contribution in [0.2, 0.25) is 0 Å². The second-order valence-corrected chi connectivity index (χ2v) is 6.78. The van der Waals surface area contributed by atoms with E-state index in [0.717, 1.165) is 27.8 Å². The number of ether oxygens (including phenoxy) is 1. The van der Waals surface area contributed by atoms with Crippen LogP contribution in [0.5, 0.6) is 5.75 Å². The molecule has 0 fully saturated rings. The Bertz CT molecular complexity index is 670. The number of rotatable bonds is 2. The first-order valence-corrected chi connectivity index (χ1v) is 8.12. The summed E-state index contributed by atoms with van der Waals surface area (Å²) in [5.74, 6) is 0.746. The van der Waals surface area contributed by atoms with Crippen molar-refractivity contribution in [2.24, 2.45) is 0 Å². The highest BCUT2D eigenvalue weighted by Crippen LogP contribution is 2.42. The van der Waals surface area contributed by atoms with Crippen molar-refractivity contribution in [1.82, 2.24) is 0 Å². The number of alkyl halides is 1. The molecule has 4 heteroatoms. The number of benzene rings is 2. The zero-order valence-electron chi connectivity index (χ0n) is 10.9. The van der Waals surface area contributed by atoms with Gasteiger partial charge in [0.25, 0.3) is 0 Å². The molecule has 0 radical (unpaired) electrons. The molecule has 0 spiro atoms. The van der Waals surface area contributed by atoms with Gasteiger partial charge in [-0.05, 0) is 41.8 Å². The quantitative estimate of drug-likeness (QED) is 0.621. The van der Waals surface area contributed by atoms with Gasteiger partial charge in [0.15, 0.2) is 0 Å². The summed E-state index contributed by atoms with van der Waals surface area (Å²) in [5, 5.41) is 0. The topological polar surface area (TPSA) is 9.23 Å². The Kier molecular flexibility index (Phi) is 3.87. The Balaban J connectivity index is 2.06. The number of aryl methyl sites for hydroxylation is 1. The molecule has 1 heterocycles. The van der Waals surface area contributed by atoms with Crippen molar-refractivity contribution in [1.29, 1.82) is 0 Å². The monoisotopic (exact) mass is 398 g/mol. The smallest absolute Gasteiger partial charge is 0.127 e. The first-order valence-electron chi connectivity index (χ1n) is 6.41. The fourth-order valence-electron chi connectivity index (χ4n) is 2.43. The first-order chi connectivity index (χ1) is 9.56. The Labute approximate surface area is 134 Å². The van der Waals surface area contributed by atoms with Gasteiger partial charge in [0.2, 0.25) is 0 Å². The van der Waals surface area contributed by atoms with Crippen LogP contribution in [0, 0.1) is 12.7 Å². The molecule has 0 amide bonds. The molecule has 0 aromatic heterocycles. The van der Waals surface area contributed by atoms with Gasteiger partial charge in [0.05, 0.1) is 11.4 Å². The van der Waals surface area contributed by atoms with Crippen LogP contribution in [0.3, 0.4) is 0 Å². The number of hydrogen-bond donors (Lipinski definition) is 0. The molecule has 20 heavy (non-hydrogen) atoms. The summed E-state index contributed by atoms with van der Waals surface area (Å²) in [4.78, 5) is -0.0815. The van der Waals surface area contributed by atoms with Gasteiger partial charge in [-0.2, -0.15) is 0 Å². The molecule has 2 aromatic carbocycles. The van der Waals surface area contributed by atoms with Crippen LogP contribution < -0.4 is 4.74 Å². The van der Waals surface area contributed by atoms with Crippen molar-refractivity contribution >= 4 is 31.9 Å². The summed E-state index contributed by atoms with van der Waals surface area (Å²) in [5.41, 5.74) is 3.79. The highest BCUT2D eigenvalue weighted by molar-refractivity contribution is 9.10. The summed E-state index contributed by atoms with van der Waals surface area (Å²) in [7, 11) is 0. The van der Waals surface area contributed by atoms with Gasteiger partial charge in [-0.15, -0.1) is 0 Å². The largest absolute Gasteiger partial charge is 0.493 e. The van der Waals surface area contributed by atoms with Crippen molar-refractivity contribution in [3.05, 3.63) is 62.9 Å². The predicted octanol–water partition coefficient (Wildman–Crippen LogP) is 5.32. The summed E-state index contributed by atoms with van der Waals surface area (Å²) < 4.78 is 20.5. The fraction of sp³-hybridized carbons (Fsp3) is 0.250. The van der Waals surface area contributed by atoms with Crippen LogP contribution in [0.1, 0.15) is 27.1 Å². The third kappa shape index (κ3) is 2.51. The van der Waals surface area contributed by atoms with E-state index in [1.165, 1.54) is 5.56 Å². The van der Waals surface area contributed by atoms with E-state index < -0.39 is 0 Å². The zero-order valence-corrected chi connectivity index (χ0v) is 14.1. The van der Waals surface area contributed by atoms with E-state index in [1.807, 2.05) is 12.1 Å². The maximum absolute atomic E-state index is 13.7. The molecule has 0 bridgehead atoms. The molecule has 1 aliphatic rings. The van der Waals surface area contributed by atoms with Crippen LogP contribution in [-0.4, -0.2) is 6.61 Å². The van der Waals surface area contributed by atoms with Crippen molar-refractivity contribution in [2.45, 2.75) is 18.2 Å². The molecular weight excluding hydrogens is 387 g/mol. The van der Waals surface area contributed by atoms with Crippen molar-refractivity contribution in [3.63, 3.8) is 0 Å². The lowest BCUT2D eigenvalue weighted by Crippen LogP contribution is -1.98. The first kappa shape index (κ1) is 14.1. The Hall–Kier alpha value is -0.870. The number of hydrogen-bond acceptors (Lipinski definition) is 1. The zero-order chi connectivity index (χ0) is 14.3. The van der Waals surface area contributed by atoms with Crippen molar-refractivity contribution in [3.8, 4) is 5.75 Å². The minimum atomic E-state index is -0.181. The minimum absolute atomic E-state index is 0.0815. The van der Waals surface area contributed by atoms with Gasteiger partial charge >= 0.3 is 0 Å². The van der Waals surface area contributed by atoms with E-state index >= 15 is 0 Å². The molecule has 1 unspecified atom stereocenters. The number of halogens is 3. The normalized spacial score (nSPS) is 14.8. The molecular formula is C16H13Br2FO. The van der Waals surface area contributed by atoms with E-state index in [9.17, 15) is 4.39 Å². The summed E-state index contributed by atoms with van der Waals surface area (Å²) in [6.07, 6.45) is 0.920. The van der Waals surface area contributed by atoms with E-state index in [4.69, 9.17) is 4.74 Å². The maximum Gasteiger partial charge on any atom is 0.127 e. The van der Waals surface area contributed by atoms with Gasteiger partial charge in [0, 0.05) is 16.5 Å². The van der Waals surface area contributed by atoms with Crippen LogP contribution in [0.4, 0.5) is 4.39 Å². The Morgan fingerprint density at radius 1 is 1.25 bits per heavy atom. The molecule has 0 aliphatic carbocycles.